The number of nitrogens with zero attached hydrogens (tertiary/aromatic N) is 3. The monoisotopic (exact) mass is 278 g/mol. The minimum Gasteiger partial charge on any atom is -0.481 e. The molecule has 2 heterocycles. The Morgan fingerprint density at radius 2 is 2.30 bits per heavy atom. The number of methoxy groups -OCH3 is 1. The summed E-state index contributed by atoms with van der Waals surface area (Å²) in [6, 6.07) is 2.77. The highest BCUT2D eigenvalue weighted by Gasteiger charge is 2.16. The summed E-state index contributed by atoms with van der Waals surface area (Å²) < 4.78 is 10.4. The normalized spacial score (nSPS) is 10.3. The smallest absolute Gasteiger partial charge is 0.311 e. The van der Waals surface area contributed by atoms with Gasteiger partial charge in [-0.1, -0.05) is 6.92 Å². The van der Waals surface area contributed by atoms with Gasteiger partial charge in [0.15, 0.2) is 0 Å². The van der Waals surface area contributed by atoms with E-state index < -0.39 is 4.92 Å². The van der Waals surface area contributed by atoms with E-state index in [2.05, 4.69) is 15.3 Å². The molecule has 0 aliphatic carbocycles. The van der Waals surface area contributed by atoms with E-state index in [0.29, 0.717) is 11.8 Å². The van der Waals surface area contributed by atoms with Crippen LogP contribution >= 0.6 is 0 Å². The Hall–Kier alpha value is -2.64. The molecule has 0 aliphatic heterocycles. The number of hydrogen-bond donors (Lipinski definition) is 1. The Balaban J connectivity index is 2.16. The van der Waals surface area contributed by atoms with E-state index in [1.807, 2.05) is 6.92 Å². The van der Waals surface area contributed by atoms with Crippen LogP contribution in [0.1, 0.15) is 18.6 Å². The Labute approximate surface area is 114 Å². The number of rotatable bonds is 6. The highest BCUT2D eigenvalue weighted by atomic mass is 16.6. The van der Waals surface area contributed by atoms with Crippen LogP contribution < -0.4 is 10.1 Å². The molecule has 0 aliphatic rings. The molecule has 0 spiro atoms. The third kappa shape index (κ3) is 3.02. The van der Waals surface area contributed by atoms with Gasteiger partial charge in [0, 0.05) is 18.6 Å². The zero-order valence-corrected chi connectivity index (χ0v) is 11.1. The second-order valence-electron chi connectivity index (χ2n) is 3.91. The maximum atomic E-state index is 10.9. The van der Waals surface area contributed by atoms with Crippen molar-refractivity contribution >= 4 is 11.5 Å². The molecule has 0 saturated carbocycles. The molecule has 0 unspecified atom stereocenters. The largest absolute Gasteiger partial charge is 0.481 e. The number of ether oxygens (including phenoxy) is 1. The van der Waals surface area contributed by atoms with Gasteiger partial charge in [-0.25, -0.2) is 4.98 Å². The summed E-state index contributed by atoms with van der Waals surface area (Å²) in [6.07, 6.45) is 2.37. The first-order chi connectivity index (χ1) is 9.63. The summed E-state index contributed by atoms with van der Waals surface area (Å²) >= 11 is 0. The van der Waals surface area contributed by atoms with Gasteiger partial charge in [-0.15, -0.1) is 0 Å². The average molecular weight is 278 g/mol. The van der Waals surface area contributed by atoms with E-state index in [4.69, 9.17) is 9.15 Å². The van der Waals surface area contributed by atoms with Gasteiger partial charge >= 0.3 is 5.69 Å². The number of anilines is 1. The van der Waals surface area contributed by atoms with Crippen LogP contribution in [0, 0.1) is 10.1 Å². The van der Waals surface area contributed by atoms with E-state index in [0.717, 1.165) is 12.2 Å². The van der Waals surface area contributed by atoms with Gasteiger partial charge in [0.25, 0.3) is 0 Å². The molecular weight excluding hydrogens is 264 g/mol. The molecule has 0 amide bonds. The Morgan fingerprint density at radius 1 is 1.50 bits per heavy atom. The Kier molecular flexibility index (Phi) is 4.14. The van der Waals surface area contributed by atoms with Gasteiger partial charge in [0.2, 0.25) is 17.6 Å². The highest BCUT2D eigenvalue weighted by molar-refractivity contribution is 5.56. The van der Waals surface area contributed by atoms with E-state index in [1.54, 1.807) is 6.20 Å². The second kappa shape index (κ2) is 6.00. The number of pyridine rings is 1. The quantitative estimate of drug-likeness (QED) is 0.637. The molecule has 0 aromatic carbocycles. The number of hydrogen-bond acceptors (Lipinski definition) is 7. The van der Waals surface area contributed by atoms with Crippen LogP contribution in [0.3, 0.4) is 0 Å². The summed E-state index contributed by atoms with van der Waals surface area (Å²) in [5.41, 5.74) is -0.131. The van der Waals surface area contributed by atoms with E-state index in [9.17, 15) is 10.1 Å². The fraction of sp³-hybridized carbons (Fsp3) is 0.333. The number of aromatic nitrogens is 2. The summed E-state index contributed by atoms with van der Waals surface area (Å²) in [5.74, 6) is 1.61. The van der Waals surface area contributed by atoms with Gasteiger partial charge < -0.3 is 14.5 Å². The minimum absolute atomic E-state index is 0.116. The highest BCUT2D eigenvalue weighted by Crippen LogP contribution is 2.25. The molecular formula is C12H14N4O4. The molecule has 106 valence electrons. The number of nitrogens with one attached hydrogen (secondary N) is 1. The average Bonchev–Trinajstić information content (AvgIpc) is 2.92. The first kappa shape index (κ1) is 13.8. The van der Waals surface area contributed by atoms with Crippen molar-refractivity contribution in [2.75, 3.05) is 12.4 Å². The summed E-state index contributed by atoms with van der Waals surface area (Å²) in [5, 5.41) is 13.8. The summed E-state index contributed by atoms with van der Waals surface area (Å²) in [4.78, 5) is 18.5. The van der Waals surface area contributed by atoms with E-state index in [1.165, 1.54) is 19.2 Å². The van der Waals surface area contributed by atoms with Gasteiger partial charge in [-0.3, -0.25) is 10.1 Å². The number of nitro groups is 1. The zero-order valence-electron chi connectivity index (χ0n) is 11.1. The third-order valence-electron chi connectivity index (χ3n) is 2.61. The van der Waals surface area contributed by atoms with Crippen LogP contribution in [0.5, 0.6) is 5.88 Å². The van der Waals surface area contributed by atoms with Crippen LogP contribution in [0.15, 0.2) is 22.7 Å². The van der Waals surface area contributed by atoms with Crippen molar-refractivity contribution in [2.45, 2.75) is 19.9 Å². The fourth-order valence-corrected chi connectivity index (χ4v) is 1.58. The van der Waals surface area contributed by atoms with E-state index >= 15 is 0 Å². The van der Waals surface area contributed by atoms with Crippen LogP contribution in [0.25, 0.3) is 0 Å². The predicted molar refractivity (Wildman–Crippen MR) is 70.7 cm³/mol. The third-order valence-corrected chi connectivity index (χ3v) is 2.61. The molecule has 20 heavy (non-hydrogen) atoms. The molecule has 2 aromatic rings. The summed E-state index contributed by atoms with van der Waals surface area (Å²) in [7, 11) is 1.44. The van der Waals surface area contributed by atoms with Crippen LogP contribution in [-0.2, 0) is 13.0 Å². The molecule has 8 heteroatoms. The number of oxazole rings is 1. The van der Waals surface area contributed by atoms with Gasteiger partial charge in [-0.2, -0.15) is 4.98 Å². The van der Waals surface area contributed by atoms with Crippen molar-refractivity contribution in [3.05, 3.63) is 40.1 Å². The maximum absolute atomic E-state index is 10.9. The molecule has 8 nitrogen and oxygen atoms in total. The van der Waals surface area contributed by atoms with Crippen LogP contribution in [0.4, 0.5) is 11.5 Å². The van der Waals surface area contributed by atoms with Gasteiger partial charge in [-0.05, 0) is 0 Å². The van der Waals surface area contributed by atoms with Gasteiger partial charge in [0.1, 0.15) is 5.76 Å². The zero-order chi connectivity index (χ0) is 14.5. The van der Waals surface area contributed by atoms with Crippen molar-refractivity contribution in [3.8, 4) is 5.88 Å². The molecule has 2 rings (SSSR count). The predicted octanol–water partition coefficient (Wildman–Crippen LogP) is 2.16. The number of aryl methyl sites for hydroxylation is 1. The van der Waals surface area contributed by atoms with Gasteiger partial charge in [0.05, 0.1) is 24.8 Å². The van der Waals surface area contributed by atoms with Crippen molar-refractivity contribution in [2.24, 2.45) is 0 Å². The lowest BCUT2D eigenvalue weighted by Crippen LogP contribution is -2.05. The molecule has 0 radical (unpaired) electrons. The van der Waals surface area contributed by atoms with Crippen molar-refractivity contribution in [1.82, 2.24) is 9.97 Å². The lowest BCUT2D eigenvalue weighted by Gasteiger charge is -2.05. The van der Waals surface area contributed by atoms with E-state index in [-0.39, 0.29) is 18.1 Å². The SMILES string of the molecule is CCc1cnc(CNc2nc(OC)ccc2[N+](=O)[O-])o1. The standard InChI is InChI=1S/C12H14N4O4/c1-3-8-6-13-11(20-8)7-14-12-9(16(17)18)4-5-10(15-12)19-2/h4-6H,3,7H2,1-2H3,(H,14,15). The van der Waals surface area contributed by atoms with Crippen LogP contribution in [-0.4, -0.2) is 22.0 Å². The minimum atomic E-state index is -0.512. The Morgan fingerprint density at radius 3 is 2.90 bits per heavy atom. The maximum Gasteiger partial charge on any atom is 0.311 e. The van der Waals surface area contributed by atoms with Crippen LogP contribution in [0.2, 0.25) is 0 Å². The molecule has 1 N–H and O–H groups in total. The Bertz CT molecular complexity index is 611. The molecule has 0 bridgehead atoms. The van der Waals surface area contributed by atoms with Crippen molar-refractivity contribution in [1.29, 1.82) is 0 Å². The first-order valence-corrected chi connectivity index (χ1v) is 6.01. The van der Waals surface area contributed by atoms with Crippen molar-refractivity contribution < 1.29 is 14.1 Å². The molecule has 2 aromatic heterocycles. The first-order valence-electron chi connectivity index (χ1n) is 6.01. The summed E-state index contributed by atoms with van der Waals surface area (Å²) in [6.45, 7) is 2.16. The van der Waals surface area contributed by atoms with Crippen molar-refractivity contribution in [3.63, 3.8) is 0 Å². The fourth-order valence-electron chi connectivity index (χ4n) is 1.58. The molecule has 0 saturated heterocycles. The topological polar surface area (TPSA) is 103 Å². The lowest BCUT2D eigenvalue weighted by molar-refractivity contribution is -0.384. The molecule has 0 atom stereocenters. The lowest BCUT2D eigenvalue weighted by atomic mass is 10.4. The second-order valence-corrected chi connectivity index (χ2v) is 3.91. The molecule has 0 fully saturated rings.